The second-order valence-electron chi connectivity index (χ2n) is 5.16. The Morgan fingerprint density at radius 1 is 1.45 bits per heavy atom. The first kappa shape index (κ1) is 14.8. The van der Waals surface area contributed by atoms with Crippen molar-refractivity contribution in [1.82, 2.24) is 4.72 Å². The van der Waals surface area contributed by atoms with E-state index >= 15 is 0 Å². The zero-order chi connectivity index (χ0) is 14.9. The fraction of sp³-hybridized carbons (Fsp3) is 0.462. The van der Waals surface area contributed by atoms with Crippen LogP contribution in [0.25, 0.3) is 0 Å². The highest BCUT2D eigenvalue weighted by Crippen LogP contribution is 2.30. The first-order valence-corrected chi connectivity index (χ1v) is 7.95. The van der Waals surface area contributed by atoms with Gasteiger partial charge in [0.25, 0.3) is 0 Å². The molecular weight excluding hydrogens is 280 g/mol. The molecule has 1 aromatic carbocycles. The smallest absolute Gasteiger partial charge is 0.337 e. The van der Waals surface area contributed by atoms with Gasteiger partial charge in [-0.25, -0.2) is 17.9 Å². The molecule has 1 atom stereocenters. The minimum Gasteiger partial charge on any atom is -0.478 e. The molecule has 110 valence electrons. The molecule has 0 aromatic heterocycles. The fourth-order valence-electron chi connectivity index (χ4n) is 2.29. The summed E-state index contributed by atoms with van der Waals surface area (Å²) >= 11 is 0. The number of carboxylic acid groups (broad SMARTS) is 1. The van der Waals surface area contributed by atoms with Gasteiger partial charge in [0, 0.05) is 11.7 Å². The SMILES string of the molecule is CC(NS(=O)(=O)c1ccc(N)cc1C(=O)O)C1CCC1. The van der Waals surface area contributed by atoms with E-state index in [1.54, 1.807) is 6.92 Å². The molecule has 0 spiro atoms. The van der Waals surface area contributed by atoms with E-state index in [4.69, 9.17) is 10.8 Å². The Morgan fingerprint density at radius 2 is 2.10 bits per heavy atom. The molecule has 0 radical (unpaired) electrons. The van der Waals surface area contributed by atoms with Gasteiger partial charge in [-0.05, 0) is 43.9 Å². The van der Waals surface area contributed by atoms with E-state index < -0.39 is 16.0 Å². The molecule has 0 amide bonds. The zero-order valence-electron chi connectivity index (χ0n) is 11.2. The highest BCUT2D eigenvalue weighted by Gasteiger charge is 2.30. The molecule has 1 aliphatic rings. The molecule has 0 aliphatic heterocycles. The molecule has 1 fully saturated rings. The molecule has 1 unspecified atom stereocenters. The number of rotatable bonds is 5. The van der Waals surface area contributed by atoms with E-state index in [9.17, 15) is 13.2 Å². The minimum atomic E-state index is -3.86. The molecule has 2 rings (SSSR count). The van der Waals surface area contributed by atoms with Crippen molar-refractivity contribution in [3.05, 3.63) is 23.8 Å². The van der Waals surface area contributed by atoms with Gasteiger partial charge >= 0.3 is 5.97 Å². The summed E-state index contributed by atoms with van der Waals surface area (Å²) in [4.78, 5) is 10.9. The summed E-state index contributed by atoms with van der Waals surface area (Å²) in [7, 11) is -3.86. The lowest BCUT2D eigenvalue weighted by Gasteiger charge is -2.31. The number of anilines is 1. The van der Waals surface area contributed by atoms with Gasteiger partial charge in [-0.15, -0.1) is 0 Å². The monoisotopic (exact) mass is 298 g/mol. The van der Waals surface area contributed by atoms with Crippen LogP contribution in [0.4, 0.5) is 5.69 Å². The highest BCUT2D eigenvalue weighted by atomic mass is 32.2. The Hall–Kier alpha value is -1.60. The third kappa shape index (κ3) is 2.94. The minimum absolute atomic E-state index is 0.201. The first-order valence-electron chi connectivity index (χ1n) is 6.46. The van der Waals surface area contributed by atoms with Crippen LogP contribution < -0.4 is 10.5 Å². The van der Waals surface area contributed by atoms with Crippen molar-refractivity contribution in [1.29, 1.82) is 0 Å². The molecule has 1 saturated carbocycles. The number of sulfonamides is 1. The van der Waals surface area contributed by atoms with Crippen LogP contribution in [0, 0.1) is 5.92 Å². The summed E-state index contributed by atoms with van der Waals surface area (Å²) in [6.45, 7) is 1.80. The van der Waals surface area contributed by atoms with E-state index in [0.717, 1.165) is 25.3 Å². The average molecular weight is 298 g/mol. The lowest BCUT2D eigenvalue weighted by molar-refractivity contribution is 0.0692. The van der Waals surface area contributed by atoms with Crippen molar-refractivity contribution in [3.8, 4) is 0 Å². The Bertz CT molecular complexity index is 623. The van der Waals surface area contributed by atoms with Crippen molar-refractivity contribution in [2.24, 2.45) is 5.92 Å². The van der Waals surface area contributed by atoms with Crippen molar-refractivity contribution in [2.45, 2.75) is 37.1 Å². The lowest BCUT2D eigenvalue weighted by atomic mass is 9.81. The molecule has 0 saturated heterocycles. The predicted molar refractivity (Wildman–Crippen MR) is 74.9 cm³/mol. The standard InChI is InChI=1S/C13H18N2O4S/c1-8(9-3-2-4-9)15-20(18,19)12-6-5-10(14)7-11(12)13(16)17/h5-9,15H,2-4,14H2,1H3,(H,16,17). The molecule has 1 aromatic rings. The Kier molecular flexibility index (Phi) is 4.01. The van der Waals surface area contributed by atoms with Crippen molar-refractivity contribution < 1.29 is 18.3 Å². The van der Waals surface area contributed by atoms with Gasteiger partial charge in [-0.3, -0.25) is 0 Å². The molecule has 6 nitrogen and oxygen atoms in total. The van der Waals surface area contributed by atoms with Gasteiger partial charge < -0.3 is 10.8 Å². The number of carboxylic acids is 1. The van der Waals surface area contributed by atoms with Gasteiger partial charge in [0.2, 0.25) is 10.0 Å². The molecular formula is C13H18N2O4S. The lowest BCUT2D eigenvalue weighted by Crippen LogP contribution is -2.41. The molecule has 1 aliphatic carbocycles. The maximum atomic E-state index is 12.3. The van der Waals surface area contributed by atoms with Gasteiger partial charge in [-0.1, -0.05) is 6.42 Å². The fourth-order valence-corrected chi connectivity index (χ4v) is 3.79. The number of nitrogens with two attached hydrogens (primary N) is 1. The Labute approximate surface area is 118 Å². The Morgan fingerprint density at radius 3 is 2.60 bits per heavy atom. The van der Waals surface area contributed by atoms with Crippen LogP contribution in [-0.4, -0.2) is 25.5 Å². The zero-order valence-corrected chi connectivity index (χ0v) is 12.0. The van der Waals surface area contributed by atoms with E-state index in [-0.39, 0.29) is 22.2 Å². The molecule has 4 N–H and O–H groups in total. The van der Waals surface area contributed by atoms with Gasteiger partial charge in [-0.2, -0.15) is 0 Å². The summed E-state index contributed by atoms with van der Waals surface area (Å²) < 4.78 is 27.2. The van der Waals surface area contributed by atoms with E-state index in [2.05, 4.69) is 4.72 Å². The van der Waals surface area contributed by atoms with Crippen molar-refractivity contribution in [3.63, 3.8) is 0 Å². The summed E-state index contributed by atoms with van der Waals surface area (Å²) in [5, 5.41) is 9.11. The second kappa shape index (κ2) is 5.41. The van der Waals surface area contributed by atoms with Gasteiger partial charge in [0.15, 0.2) is 0 Å². The normalized spacial score (nSPS) is 17.4. The van der Waals surface area contributed by atoms with Crippen LogP contribution in [0.2, 0.25) is 0 Å². The van der Waals surface area contributed by atoms with Gasteiger partial charge in [0.05, 0.1) is 10.5 Å². The molecule has 0 heterocycles. The maximum Gasteiger partial charge on any atom is 0.337 e. The van der Waals surface area contributed by atoms with Crippen LogP contribution in [0.3, 0.4) is 0 Å². The summed E-state index contributed by atoms with van der Waals surface area (Å²) in [6.07, 6.45) is 3.10. The van der Waals surface area contributed by atoms with E-state index in [0.29, 0.717) is 5.92 Å². The van der Waals surface area contributed by atoms with Crippen LogP contribution >= 0.6 is 0 Å². The van der Waals surface area contributed by atoms with Crippen molar-refractivity contribution >= 4 is 21.7 Å². The second-order valence-corrected chi connectivity index (χ2v) is 6.84. The maximum absolute atomic E-state index is 12.3. The van der Waals surface area contributed by atoms with Crippen molar-refractivity contribution in [2.75, 3.05) is 5.73 Å². The number of aromatic carboxylic acids is 1. The van der Waals surface area contributed by atoms with Crippen LogP contribution in [0.15, 0.2) is 23.1 Å². The summed E-state index contributed by atoms with van der Waals surface area (Å²) in [5.41, 5.74) is 5.42. The summed E-state index contributed by atoms with van der Waals surface area (Å²) in [5.74, 6) is -0.985. The number of nitrogen functional groups attached to an aromatic ring is 1. The molecule has 7 heteroatoms. The third-order valence-electron chi connectivity index (χ3n) is 3.72. The number of nitrogens with one attached hydrogen (secondary N) is 1. The largest absolute Gasteiger partial charge is 0.478 e. The number of benzene rings is 1. The predicted octanol–water partition coefficient (Wildman–Crippen LogP) is 1.43. The van der Waals surface area contributed by atoms with Crippen LogP contribution in [0.5, 0.6) is 0 Å². The Balaban J connectivity index is 2.31. The van der Waals surface area contributed by atoms with Crippen LogP contribution in [-0.2, 0) is 10.0 Å². The molecule has 0 bridgehead atoms. The summed E-state index contributed by atoms with van der Waals surface area (Å²) in [6, 6.07) is 3.57. The van der Waals surface area contributed by atoms with E-state index in [1.807, 2.05) is 0 Å². The topological polar surface area (TPSA) is 109 Å². The number of hydrogen-bond donors (Lipinski definition) is 3. The molecule has 20 heavy (non-hydrogen) atoms. The number of hydrogen-bond acceptors (Lipinski definition) is 4. The van der Waals surface area contributed by atoms with E-state index in [1.165, 1.54) is 12.1 Å². The average Bonchev–Trinajstić information content (AvgIpc) is 2.24. The van der Waals surface area contributed by atoms with Gasteiger partial charge in [0.1, 0.15) is 0 Å². The quantitative estimate of drug-likeness (QED) is 0.712. The first-order chi connectivity index (χ1) is 9.31. The number of carbonyl (C=O) groups is 1. The third-order valence-corrected chi connectivity index (χ3v) is 5.34. The highest BCUT2D eigenvalue weighted by molar-refractivity contribution is 7.89. The van der Waals surface area contributed by atoms with Crippen LogP contribution in [0.1, 0.15) is 36.5 Å².